The average molecular weight is 350 g/mol. The monoisotopic (exact) mass is 349 g/mol. The molecule has 1 heterocycles. The van der Waals surface area contributed by atoms with Crippen molar-refractivity contribution >= 4 is 40.4 Å². The van der Waals surface area contributed by atoms with E-state index in [4.69, 9.17) is 23.2 Å². The van der Waals surface area contributed by atoms with Gasteiger partial charge in [-0.15, -0.1) is 11.3 Å². The number of halogens is 4. The second kappa shape index (κ2) is 6.30. The second-order valence-electron chi connectivity index (χ2n) is 4.50. The number of nitrogens with zero attached hydrogens (tertiary/aromatic N) is 1. The number of thiophene rings is 1. The number of hydrogen-bond donors (Lipinski definition) is 0. The van der Waals surface area contributed by atoms with Crippen molar-refractivity contribution in [3.8, 4) is 0 Å². The lowest BCUT2D eigenvalue weighted by atomic mass is 10.1. The Labute approximate surface area is 134 Å². The molecule has 1 aromatic carbocycles. The Morgan fingerprint density at radius 3 is 2.43 bits per heavy atom. The van der Waals surface area contributed by atoms with Gasteiger partial charge in [0.15, 0.2) is 11.6 Å². The van der Waals surface area contributed by atoms with Gasteiger partial charge >= 0.3 is 0 Å². The minimum atomic E-state index is -0.947. The van der Waals surface area contributed by atoms with Crippen LogP contribution >= 0.6 is 34.5 Å². The fraction of sp³-hybridized carbons (Fsp3) is 0.214. The van der Waals surface area contributed by atoms with E-state index in [1.54, 1.807) is 14.0 Å². The molecule has 0 aliphatic carbocycles. The second-order valence-corrected chi connectivity index (χ2v) is 6.79. The van der Waals surface area contributed by atoms with E-state index in [0.29, 0.717) is 19.8 Å². The van der Waals surface area contributed by atoms with Crippen molar-refractivity contribution in [2.45, 2.75) is 13.0 Å². The Balaban J connectivity index is 2.26. The highest BCUT2D eigenvalue weighted by atomic mass is 35.5. The third kappa shape index (κ3) is 3.36. The zero-order chi connectivity index (χ0) is 15.7. The summed E-state index contributed by atoms with van der Waals surface area (Å²) in [6.45, 7) is 1.71. The topological polar surface area (TPSA) is 20.3 Å². The Kier molecular flexibility index (Phi) is 4.86. The van der Waals surface area contributed by atoms with E-state index in [0.717, 1.165) is 23.5 Å². The van der Waals surface area contributed by atoms with Gasteiger partial charge in [0.2, 0.25) is 0 Å². The highest BCUT2D eigenvalue weighted by Gasteiger charge is 2.23. The molecule has 1 amide bonds. The van der Waals surface area contributed by atoms with Crippen molar-refractivity contribution in [2.75, 3.05) is 7.05 Å². The van der Waals surface area contributed by atoms with E-state index >= 15 is 0 Å². The van der Waals surface area contributed by atoms with Gasteiger partial charge in [-0.2, -0.15) is 0 Å². The molecule has 1 aromatic heterocycles. The highest BCUT2D eigenvalue weighted by Crippen LogP contribution is 2.33. The smallest absolute Gasteiger partial charge is 0.256 e. The van der Waals surface area contributed by atoms with E-state index < -0.39 is 17.7 Å². The van der Waals surface area contributed by atoms with Crippen LogP contribution < -0.4 is 0 Å². The third-order valence-corrected chi connectivity index (χ3v) is 4.70. The summed E-state index contributed by atoms with van der Waals surface area (Å²) in [5.74, 6) is -2.20. The highest BCUT2D eigenvalue weighted by molar-refractivity contribution is 7.20. The van der Waals surface area contributed by atoms with Crippen LogP contribution in [0.3, 0.4) is 0 Å². The maximum absolute atomic E-state index is 13.3. The molecule has 0 aliphatic rings. The van der Waals surface area contributed by atoms with E-state index in [2.05, 4.69) is 0 Å². The molecule has 0 aliphatic heterocycles. The van der Waals surface area contributed by atoms with Gasteiger partial charge in [-0.3, -0.25) is 4.79 Å². The van der Waals surface area contributed by atoms with Gasteiger partial charge in [-0.25, -0.2) is 8.78 Å². The summed E-state index contributed by atoms with van der Waals surface area (Å²) in [4.78, 5) is 13.8. The van der Waals surface area contributed by atoms with E-state index in [1.807, 2.05) is 0 Å². The Morgan fingerprint density at radius 2 is 1.90 bits per heavy atom. The molecule has 0 saturated carbocycles. The largest absolute Gasteiger partial charge is 0.335 e. The first kappa shape index (κ1) is 16.2. The zero-order valence-corrected chi connectivity index (χ0v) is 13.5. The molecule has 0 bridgehead atoms. The zero-order valence-electron chi connectivity index (χ0n) is 11.2. The van der Waals surface area contributed by atoms with Crippen LogP contribution in [-0.2, 0) is 0 Å². The lowest BCUT2D eigenvalue weighted by molar-refractivity contribution is 0.0743. The van der Waals surface area contributed by atoms with Gasteiger partial charge < -0.3 is 4.90 Å². The van der Waals surface area contributed by atoms with Crippen molar-refractivity contribution in [3.05, 3.63) is 55.7 Å². The first-order valence-corrected chi connectivity index (χ1v) is 7.55. The van der Waals surface area contributed by atoms with Gasteiger partial charge in [-0.1, -0.05) is 29.3 Å². The van der Waals surface area contributed by atoms with Gasteiger partial charge in [0.1, 0.15) is 4.34 Å². The van der Waals surface area contributed by atoms with Gasteiger partial charge in [0.05, 0.1) is 15.9 Å². The summed E-state index contributed by atoms with van der Waals surface area (Å²) in [7, 11) is 1.57. The van der Waals surface area contributed by atoms with Gasteiger partial charge in [0, 0.05) is 7.05 Å². The summed E-state index contributed by atoms with van der Waals surface area (Å²) in [5.41, 5.74) is 0.783. The van der Waals surface area contributed by atoms with Crippen molar-refractivity contribution in [1.82, 2.24) is 4.90 Å². The molecule has 0 N–H and O–H groups in total. The van der Waals surface area contributed by atoms with Crippen LogP contribution in [0.15, 0.2) is 24.3 Å². The molecule has 7 heteroatoms. The van der Waals surface area contributed by atoms with E-state index in [-0.39, 0.29) is 5.91 Å². The quantitative estimate of drug-likeness (QED) is 0.748. The molecule has 0 fully saturated rings. The summed E-state index contributed by atoms with van der Waals surface area (Å²) < 4.78 is 26.9. The minimum absolute atomic E-state index is 0.295. The first-order valence-electron chi connectivity index (χ1n) is 5.98. The molecule has 1 atom stereocenters. The predicted octanol–water partition coefficient (Wildman–Crippen LogP) is 5.17. The number of hydrogen-bond acceptors (Lipinski definition) is 2. The van der Waals surface area contributed by atoms with Crippen molar-refractivity contribution in [3.63, 3.8) is 0 Å². The van der Waals surface area contributed by atoms with Crippen molar-refractivity contribution in [1.29, 1.82) is 0 Å². The Bertz CT molecular complexity index is 690. The molecular formula is C14H11Cl2F2NOS. The summed E-state index contributed by atoms with van der Waals surface area (Å²) >= 11 is 12.9. The molecule has 0 radical (unpaired) electrons. The predicted molar refractivity (Wildman–Crippen MR) is 81.2 cm³/mol. The number of benzene rings is 1. The normalized spacial score (nSPS) is 12.3. The van der Waals surface area contributed by atoms with Crippen LogP contribution in [0, 0.1) is 11.6 Å². The molecule has 1 unspecified atom stereocenters. The maximum Gasteiger partial charge on any atom is 0.256 e. The van der Waals surface area contributed by atoms with E-state index in [9.17, 15) is 13.6 Å². The van der Waals surface area contributed by atoms with Crippen molar-refractivity contribution < 1.29 is 13.6 Å². The van der Waals surface area contributed by atoms with Crippen LogP contribution in [0.4, 0.5) is 8.78 Å². The molecule has 21 heavy (non-hydrogen) atoms. The number of amides is 1. The molecule has 0 spiro atoms. The summed E-state index contributed by atoms with van der Waals surface area (Å²) in [6.07, 6.45) is 0. The molecule has 2 nitrogen and oxygen atoms in total. The molecule has 112 valence electrons. The number of carbonyl (C=O) groups is 1. The van der Waals surface area contributed by atoms with Crippen LogP contribution in [0.5, 0.6) is 0 Å². The number of carbonyl (C=O) groups excluding carboxylic acids is 1. The third-order valence-electron chi connectivity index (χ3n) is 3.21. The lowest BCUT2D eigenvalue weighted by Crippen LogP contribution is -2.29. The number of rotatable bonds is 3. The van der Waals surface area contributed by atoms with Crippen LogP contribution in [-0.4, -0.2) is 17.9 Å². The van der Waals surface area contributed by atoms with E-state index in [1.165, 1.54) is 17.0 Å². The fourth-order valence-corrected chi connectivity index (χ4v) is 3.30. The van der Waals surface area contributed by atoms with Crippen LogP contribution in [0.1, 0.15) is 28.9 Å². The standard InChI is InChI=1S/C14H11Cl2F2NOS/c1-7(8-3-4-10(17)11(18)5-8)19(2)14(20)9-6-12(15)21-13(9)16/h3-7H,1-2H3. The first-order chi connectivity index (χ1) is 9.81. The fourth-order valence-electron chi connectivity index (χ4n) is 1.85. The molecule has 2 aromatic rings. The van der Waals surface area contributed by atoms with Crippen LogP contribution in [0.25, 0.3) is 0 Å². The maximum atomic E-state index is 13.3. The Hall–Kier alpha value is -1.17. The van der Waals surface area contributed by atoms with Crippen LogP contribution in [0.2, 0.25) is 8.67 Å². The summed E-state index contributed by atoms with van der Waals surface area (Å²) in [6, 6.07) is 4.60. The Morgan fingerprint density at radius 1 is 1.24 bits per heavy atom. The lowest BCUT2D eigenvalue weighted by Gasteiger charge is -2.25. The van der Waals surface area contributed by atoms with Crippen molar-refractivity contribution in [2.24, 2.45) is 0 Å². The SMILES string of the molecule is CC(c1ccc(F)c(F)c1)N(C)C(=O)c1cc(Cl)sc1Cl. The summed E-state index contributed by atoms with van der Waals surface area (Å²) in [5, 5.41) is 0. The van der Waals surface area contributed by atoms with Gasteiger partial charge in [-0.05, 0) is 30.7 Å². The molecular weight excluding hydrogens is 339 g/mol. The van der Waals surface area contributed by atoms with Gasteiger partial charge in [0.25, 0.3) is 5.91 Å². The molecule has 2 rings (SSSR count). The average Bonchev–Trinajstić information content (AvgIpc) is 2.78. The molecule has 0 saturated heterocycles. The minimum Gasteiger partial charge on any atom is -0.335 e.